The normalized spacial score (nSPS) is 12.5. The third kappa shape index (κ3) is 4.19. The van der Waals surface area contributed by atoms with E-state index < -0.39 is 0 Å². The van der Waals surface area contributed by atoms with Gasteiger partial charge in [0.05, 0.1) is 12.9 Å². The van der Waals surface area contributed by atoms with E-state index in [2.05, 4.69) is 40.0 Å². The van der Waals surface area contributed by atoms with Gasteiger partial charge in [0.15, 0.2) is 0 Å². The van der Waals surface area contributed by atoms with Crippen LogP contribution in [0, 0.1) is 0 Å². The second-order valence-corrected chi connectivity index (χ2v) is 4.74. The minimum atomic E-state index is 0.393. The molecule has 0 aliphatic rings. The van der Waals surface area contributed by atoms with E-state index >= 15 is 0 Å². The van der Waals surface area contributed by atoms with E-state index in [1.807, 2.05) is 18.6 Å². The smallest absolute Gasteiger partial charge is 0.0946 e. The maximum absolute atomic E-state index is 5.22. The summed E-state index contributed by atoms with van der Waals surface area (Å²) in [5.41, 5.74) is 2.54. The number of methoxy groups -OCH3 is 1. The number of ether oxygens (including phenoxy) is 1. The molecule has 1 N–H and O–H groups in total. The van der Waals surface area contributed by atoms with Crippen LogP contribution in [0.15, 0.2) is 43.0 Å². The highest BCUT2D eigenvalue weighted by Gasteiger charge is 2.05. The molecule has 2 aromatic rings. The van der Waals surface area contributed by atoms with Crippen molar-refractivity contribution in [3.8, 4) is 0 Å². The molecule has 0 aliphatic heterocycles. The molecule has 1 heterocycles. The Morgan fingerprint density at radius 1 is 1.32 bits per heavy atom. The lowest BCUT2D eigenvalue weighted by Crippen LogP contribution is -2.29. The monoisotopic (exact) mass is 259 g/mol. The van der Waals surface area contributed by atoms with Crippen LogP contribution in [0.4, 0.5) is 0 Å². The van der Waals surface area contributed by atoms with E-state index in [9.17, 15) is 0 Å². The number of nitrogens with one attached hydrogen (secondary N) is 1. The van der Waals surface area contributed by atoms with E-state index in [0.29, 0.717) is 12.6 Å². The molecule has 0 radical (unpaired) electrons. The molecular formula is C15H21N3O. The molecule has 0 aliphatic carbocycles. The maximum Gasteiger partial charge on any atom is 0.0946 e. The first-order valence-corrected chi connectivity index (χ1v) is 6.54. The van der Waals surface area contributed by atoms with E-state index in [1.165, 1.54) is 11.1 Å². The molecule has 19 heavy (non-hydrogen) atoms. The Morgan fingerprint density at radius 3 is 2.79 bits per heavy atom. The molecule has 0 saturated carbocycles. The van der Waals surface area contributed by atoms with Gasteiger partial charge in [0.1, 0.15) is 0 Å². The van der Waals surface area contributed by atoms with Crippen molar-refractivity contribution >= 4 is 0 Å². The summed E-state index contributed by atoms with van der Waals surface area (Å²) < 4.78 is 7.30. The van der Waals surface area contributed by atoms with Crippen molar-refractivity contribution in [1.29, 1.82) is 0 Å². The summed E-state index contributed by atoms with van der Waals surface area (Å²) in [5.74, 6) is 0. The van der Waals surface area contributed by atoms with Crippen LogP contribution in [0.3, 0.4) is 0 Å². The zero-order valence-electron chi connectivity index (χ0n) is 11.5. The summed E-state index contributed by atoms with van der Waals surface area (Å²) in [6.07, 6.45) is 5.63. The third-order valence-electron chi connectivity index (χ3n) is 3.10. The van der Waals surface area contributed by atoms with Gasteiger partial charge in [0.2, 0.25) is 0 Å². The number of aromatic nitrogens is 2. The Hall–Kier alpha value is -1.65. The second kappa shape index (κ2) is 7.07. The molecular weight excluding hydrogens is 238 g/mol. The van der Waals surface area contributed by atoms with Gasteiger partial charge in [-0.2, -0.15) is 0 Å². The first-order chi connectivity index (χ1) is 9.29. The third-order valence-corrected chi connectivity index (χ3v) is 3.10. The van der Waals surface area contributed by atoms with Crippen molar-refractivity contribution in [3.63, 3.8) is 0 Å². The van der Waals surface area contributed by atoms with E-state index in [4.69, 9.17) is 4.74 Å². The predicted octanol–water partition coefficient (Wildman–Crippen LogP) is 2.21. The maximum atomic E-state index is 5.22. The van der Waals surface area contributed by atoms with Crippen LogP contribution in [0.2, 0.25) is 0 Å². The molecule has 1 unspecified atom stereocenters. The van der Waals surface area contributed by atoms with Crippen LogP contribution in [0.1, 0.15) is 18.1 Å². The van der Waals surface area contributed by atoms with E-state index in [-0.39, 0.29) is 0 Å². The van der Waals surface area contributed by atoms with Gasteiger partial charge in [-0.1, -0.05) is 24.3 Å². The fraction of sp³-hybridized carbons (Fsp3) is 0.400. The lowest BCUT2D eigenvalue weighted by atomic mass is 10.1. The molecule has 4 nitrogen and oxygen atoms in total. The minimum Gasteiger partial charge on any atom is -0.380 e. The van der Waals surface area contributed by atoms with Gasteiger partial charge in [-0.3, -0.25) is 0 Å². The summed E-state index contributed by atoms with van der Waals surface area (Å²) in [5, 5.41) is 3.53. The number of imidazole rings is 1. The summed E-state index contributed by atoms with van der Waals surface area (Å²) in [6, 6.07) is 8.76. The summed E-state index contributed by atoms with van der Waals surface area (Å²) in [7, 11) is 1.73. The zero-order valence-corrected chi connectivity index (χ0v) is 11.5. The Bertz CT molecular complexity index is 482. The van der Waals surface area contributed by atoms with Crippen LogP contribution in [-0.2, 0) is 24.4 Å². The minimum absolute atomic E-state index is 0.393. The molecule has 1 aromatic carbocycles. The van der Waals surface area contributed by atoms with E-state index in [1.54, 1.807) is 13.3 Å². The fourth-order valence-electron chi connectivity index (χ4n) is 2.09. The zero-order chi connectivity index (χ0) is 13.5. The highest BCUT2D eigenvalue weighted by Crippen LogP contribution is 2.10. The Morgan fingerprint density at radius 2 is 2.11 bits per heavy atom. The molecule has 0 fully saturated rings. The summed E-state index contributed by atoms with van der Waals surface area (Å²) in [6.45, 7) is 4.62. The van der Waals surface area contributed by atoms with Gasteiger partial charge in [-0.15, -0.1) is 0 Å². The second-order valence-electron chi connectivity index (χ2n) is 4.74. The van der Waals surface area contributed by atoms with Crippen molar-refractivity contribution in [1.82, 2.24) is 14.9 Å². The molecule has 0 amide bonds. The summed E-state index contributed by atoms with van der Waals surface area (Å²) in [4.78, 5) is 4.05. The van der Waals surface area contributed by atoms with Crippen molar-refractivity contribution < 1.29 is 4.74 Å². The lowest BCUT2D eigenvalue weighted by Gasteiger charge is -2.16. The Labute approximate surface area is 114 Å². The molecule has 0 saturated heterocycles. The molecule has 102 valence electrons. The number of benzene rings is 1. The topological polar surface area (TPSA) is 39.1 Å². The van der Waals surface area contributed by atoms with Gasteiger partial charge < -0.3 is 14.6 Å². The molecule has 4 heteroatoms. The van der Waals surface area contributed by atoms with Crippen molar-refractivity contribution in [2.24, 2.45) is 0 Å². The fourth-order valence-corrected chi connectivity index (χ4v) is 2.09. The van der Waals surface area contributed by atoms with Gasteiger partial charge in [0, 0.05) is 38.6 Å². The van der Waals surface area contributed by atoms with Gasteiger partial charge >= 0.3 is 0 Å². The molecule has 1 aromatic heterocycles. The van der Waals surface area contributed by atoms with Gasteiger partial charge in [-0.05, 0) is 18.1 Å². The predicted molar refractivity (Wildman–Crippen MR) is 75.7 cm³/mol. The van der Waals surface area contributed by atoms with Crippen molar-refractivity contribution in [2.45, 2.75) is 32.7 Å². The standard InChI is InChI=1S/C15H21N3O/c1-13(10-18-8-7-16-12-18)17-9-14-5-3-4-6-15(14)11-19-2/h3-8,12-13,17H,9-11H2,1-2H3. The van der Waals surface area contributed by atoms with Gasteiger partial charge in [0.25, 0.3) is 0 Å². The lowest BCUT2D eigenvalue weighted by molar-refractivity contribution is 0.184. The summed E-state index contributed by atoms with van der Waals surface area (Å²) >= 11 is 0. The highest BCUT2D eigenvalue weighted by atomic mass is 16.5. The quantitative estimate of drug-likeness (QED) is 0.828. The number of nitrogens with zero attached hydrogens (tertiary/aromatic N) is 2. The van der Waals surface area contributed by atoms with Crippen LogP contribution in [-0.4, -0.2) is 22.7 Å². The van der Waals surface area contributed by atoms with Crippen LogP contribution >= 0.6 is 0 Å². The average Bonchev–Trinajstić information content (AvgIpc) is 2.91. The van der Waals surface area contributed by atoms with Crippen LogP contribution < -0.4 is 5.32 Å². The average molecular weight is 259 g/mol. The first-order valence-electron chi connectivity index (χ1n) is 6.54. The van der Waals surface area contributed by atoms with E-state index in [0.717, 1.165) is 13.1 Å². The highest BCUT2D eigenvalue weighted by molar-refractivity contribution is 5.26. The van der Waals surface area contributed by atoms with Crippen molar-refractivity contribution in [3.05, 3.63) is 54.1 Å². The van der Waals surface area contributed by atoms with Crippen LogP contribution in [0.5, 0.6) is 0 Å². The van der Waals surface area contributed by atoms with Crippen LogP contribution in [0.25, 0.3) is 0 Å². The Balaban J connectivity index is 1.87. The Kier molecular flexibility index (Phi) is 5.12. The molecule has 0 bridgehead atoms. The molecule has 2 rings (SSSR count). The molecule has 1 atom stereocenters. The van der Waals surface area contributed by atoms with Crippen molar-refractivity contribution in [2.75, 3.05) is 7.11 Å². The molecule has 0 spiro atoms. The number of hydrogen-bond acceptors (Lipinski definition) is 3. The first kappa shape index (κ1) is 13.8. The number of rotatable bonds is 7. The largest absolute Gasteiger partial charge is 0.380 e. The van der Waals surface area contributed by atoms with Gasteiger partial charge in [-0.25, -0.2) is 4.98 Å². The number of hydrogen-bond donors (Lipinski definition) is 1. The SMILES string of the molecule is COCc1ccccc1CNC(C)Cn1ccnc1.